The highest BCUT2D eigenvalue weighted by Gasteiger charge is 2.16. The minimum absolute atomic E-state index is 0.111. The van der Waals surface area contributed by atoms with E-state index in [0.29, 0.717) is 6.61 Å². The molecule has 0 aliphatic rings. The molecule has 0 amide bonds. The lowest BCUT2D eigenvalue weighted by atomic mass is 10.0. The maximum Gasteiger partial charge on any atom is 0.175 e. The molecule has 0 aromatic heterocycles. The molecule has 0 heterocycles. The summed E-state index contributed by atoms with van der Waals surface area (Å²) < 4.78 is 12.5. The topological polar surface area (TPSA) is 30.5 Å². The monoisotopic (exact) mass is 405 g/mol. The first-order chi connectivity index (χ1) is 11.8. The number of nitrogens with one attached hydrogen (secondary N) is 1. The highest BCUT2D eigenvalue weighted by Crippen LogP contribution is 2.37. The Bertz CT molecular complexity index is 696. The van der Waals surface area contributed by atoms with Crippen LogP contribution in [-0.2, 0) is 13.2 Å². The van der Waals surface area contributed by atoms with Crippen LogP contribution in [0.25, 0.3) is 0 Å². The number of benzene rings is 2. The molecule has 25 heavy (non-hydrogen) atoms. The Kier molecular flexibility index (Phi) is 6.91. The summed E-state index contributed by atoms with van der Waals surface area (Å²) in [6.45, 7) is 9.97. The average molecular weight is 406 g/mol. The van der Waals surface area contributed by atoms with Crippen LogP contribution >= 0.6 is 15.9 Å². The maximum absolute atomic E-state index is 6.01. The fourth-order valence-corrected chi connectivity index (χ4v) is 2.93. The Balaban J connectivity index is 2.11. The van der Waals surface area contributed by atoms with Crippen molar-refractivity contribution in [2.24, 2.45) is 0 Å². The van der Waals surface area contributed by atoms with Gasteiger partial charge in [-0.15, -0.1) is 0 Å². The first-order valence-corrected chi connectivity index (χ1v) is 9.43. The predicted molar refractivity (Wildman–Crippen MR) is 107 cm³/mol. The molecular formula is C21H28BrNO2. The summed E-state index contributed by atoms with van der Waals surface area (Å²) in [7, 11) is 1.67. The van der Waals surface area contributed by atoms with E-state index in [4.69, 9.17) is 9.47 Å². The number of hydrogen-bond acceptors (Lipinski definition) is 3. The van der Waals surface area contributed by atoms with Gasteiger partial charge in [-0.1, -0.05) is 36.8 Å². The second kappa shape index (κ2) is 8.72. The number of aryl methyl sites for hydroxylation is 1. The highest BCUT2D eigenvalue weighted by molar-refractivity contribution is 9.10. The van der Waals surface area contributed by atoms with E-state index in [9.17, 15) is 0 Å². The predicted octanol–water partition coefficient (Wildman–Crippen LogP) is 5.62. The Morgan fingerprint density at radius 1 is 1.08 bits per heavy atom. The summed E-state index contributed by atoms with van der Waals surface area (Å²) in [5.41, 5.74) is 3.65. The first kappa shape index (κ1) is 19.8. The molecule has 0 aliphatic carbocycles. The van der Waals surface area contributed by atoms with E-state index < -0.39 is 0 Å². The third kappa shape index (κ3) is 5.75. The molecule has 0 radical (unpaired) electrons. The van der Waals surface area contributed by atoms with Crippen molar-refractivity contribution < 1.29 is 9.47 Å². The molecule has 0 saturated carbocycles. The van der Waals surface area contributed by atoms with Gasteiger partial charge < -0.3 is 14.8 Å². The van der Waals surface area contributed by atoms with Gasteiger partial charge in [-0.25, -0.2) is 0 Å². The largest absolute Gasteiger partial charge is 0.493 e. The van der Waals surface area contributed by atoms with Crippen LogP contribution in [0.3, 0.4) is 0 Å². The highest BCUT2D eigenvalue weighted by atomic mass is 79.9. The van der Waals surface area contributed by atoms with Gasteiger partial charge in [-0.3, -0.25) is 0 Å². The van der Waals surface area contributed by atoms with Crippen LogP contribution in [-0.4, -0.2) is 12.6 Å². The van der Waals surface area contributed by atoms with Gasteiger partial charge in [-0.05, 0) is 66.4 Å². The summed E-state index contributed by atoms with van der Waals surface area (Å²) in [5, 5.41) is 3.57. The average Bonchev–Trinajstić information content (AvgIpc) is 2.60. The lowest BCUT2D eigenvalue weighted by Crippen LogP contribution is -2.37. The fourth-order valence-electron chi connectivity index (χ4n) is 2.32. The van der Waals surface area contributed by atoms with Crippen molar-refractivity contribution in [3.05, 3.63) is 57.6 Å². The van der Waals surface area contributed by atoms with Gasteiger partial charge in [0, 0.05) is 12.1 Å². The van der Waals surface area contributed by atoms with Gasteiger partial charge in [0.15, 0.2) is 11.5 Å². The zero-order valence-electron chi connectivity index (χ0n) is 15.8. The van der Waals surface area contributed by atoms with E-state index >= 15 is 0 Å². The zero-order chi connectivity index (χ0) is 18.4. The number of ether oxygens (including phenoxy) is 2. The van der Waals surface area contributed by atoms with Gasteiger partial charge in [0.05, 0.1) is 11.6 Å². The summed E-state index contributed by atoms with van der Waals surface area (Å²) in [5.74, 6) is 1.48. The smallest absolute Gasteiger partial charge is 0.175 e. The van der Waals surface area contributed by atoms with Crippen LogP contribution in [0.5, 0.6) is 11.5 Å². The van der Waals surface area contributed by atoms with Crippen molar-refractivity contribution in [3.8, 4) is 11.5 Å². The van der Waals surface area contributed by atoms with E-state index in [1.54, 1.807) is 7.11 Å². The first-order valence-electron chi connectivity index (χ1n) is 8.64. The Morgan fingerprint density at radius 2 is 1.76 bits per heavy atom. The van der Waals surface area contributed by atoms with Crippen molar-refractivity contribution >= 4 is 15.9 Å². The van der Waals surface area contributed by atoms with E-state index in [1.807, 2.05) is 6.07 Å². The minimum atomic E-state index is 0.111. The molecular weight excluding hydrogens is 378 g/mol. The van der Waals surface area contributed by atoms with Gasteiger partial charge in [0.25, 0.3) is 0 Å². The molecule has 0 fully saturated rings. The maximum atomic E-state index is 6.01. The molecule has 2 aromatic carbocycles. The van der Waals surface area contributed by atoms with E-state index in [-0.39, 0.29) is 5.54 Å². The molecule has 0 saturated heterocycles. The lowest BCUT2D eigenvalue weighted by Gasteiger charge is -2.25. The molecule has 2 aromatic rings. The molecule has 4 heteroatoms. The SMILES string of the molecule is CCC(C)(C)NCc1cc(Br)c(OCc2ccc(C)cc2)c(OC)c1. The van der Waals surface area contributed by atoms with E-state index in [1.165, 1.54) is 5.56 Å². The molecule has 0 unspecified atom stereocenters. The minimum Gasteiger partial charge on any atom is -0.493 e. The van der Waals surface area contributed by atoms with Gasteiger partial charge in [0.1, 0.15) is 6.61 Å². The number of hydrogen-bond donors (Lipinski definition) is 1. The summed E-state index contributed by atoms with van der Waals surface area (Å²) in [4.78, 5) is 0. The summed E-state index contributed by atoms with van der Waals surface area (Å²) in [6.07, 6.45) is 1.07. The standard InChI is InChI=1S/C21H28BrNO2/c1-6-21(3,4)23-13-17-11-18(22)20(19(12-17)24-5)25-14-16-9-7-15(2)8-10-16/h7-12,23H,6,13-14H2,1-5H3. The second-order valence-electron chi connectivity index (χ2n) is 6.97. The third-order valence-corrected chi connectivity index (χ3v) is 5.04. The fraction of sp³-hybridized carbons (Fsp3) is 0.429. The van der Waals surface area contributed by atoms with Crippen molar-refractivity contribution in [1.29, 1.82) is 0 Å². The molecule has 0 bridgehead atoms. The Labute approximate surface area is 159 Å². The summed E-state index contributed by atoms with van der Waals surface area (Å²) >= 11 is 3.63. The van der Waals surface area contributed by atoms with E-state index in [2.05, 4.69) is 79.3 Å². The second-order valence-corrected chi connectivity index (χ2v) is 7.83. The molecule has 0 atom stereocenters. The van der Waals surface area contributed by atoms with Crippen LogP contribution in [0.15, 0.2) is 40.9 Å². The molecule has 1 N–H and O–H groups in total. The molecule has 3 nitrogen and oxygen atoms in total. The van der Waals surface area contributed by atoms with Crippen molar-refractivity contribution in [3.63, 3.8) is 0 Å². The molecule has 2 rings (SSSR count). The number of halogens is 1. The van der Waals surface area contributed by atoms with E-state index in [0.717, 1.165) is 40.1 Å². The number of methoxy groups -OCH3 is 1. The zero-order valence-corrected chi connectivity index (χ0v) is 17.4. The Hall–Kier alpha value is -1.52. The molecule has 0 aliphatic heterocycles. The van der Waals surface area contributed by atoms with Crippen molar-refractivity contribution in [1.82, 2.24) is 5.32 Å². The van der Waals surface area contributed by atoms with Gasteiger partial charge in [-0.2, -0.15) is 0 Å². The van der Waals surface area contributed by atoms with Crippen LogP contribution in [0.4, 0.5) is 0 Å². The summed E-state index contributed by atoms with van der Waals surface area (Å²) in [6, 6.07) is 12.5. The van der Waals surface area contributed by atoms with Crippen LogP contribution in [0.1, 0.15) is 43.9 Å². The normalized spacial score (nSPS) is 11.4. The Morgan fingerprint density at radius 3 is 2.36 bits per heavy atom. The van der Waals surface area contributed by atoms with Crippen molar-refractivity contribution in [2.45, 2.75) is 52.8 Å². The molecule has 0 spiro atoms. The van der Waals surface area contributed by atoms with Gasteiger partial charge in [0.2, 0.25) is 0 Å². The quantitative estimate of drug-likeness (QED) is 0.617. The molecule has 136 valence electrons. The van der Waals surface area contributed by atoms with Gasteiger partial charge >= 0.3 is 0 Å². The van der Waals surface area contributed by atoms with Crippen LogP contribution in [0, 0.1) is 6.92 Å². The third-order valence-electron chi connectivity index (χ3n) is 4.45. The van der Waals surface area contributed by atoms with Crippen LogP contribution < -0.4 is 14.8 Å². The number of rotatable bonds is 8. The van der Waals surface area contributed by atoms with Crippen molar-refractivity contribution in [2.75, 3.05) is 7.11 Å². The van der Waals surface area contributed by atoms with Crippen LogP contribution in [0.2, 0.25) is 0 Å². The lowest BCUT2D eigenvalue weighted by molar-refractivity contribution is 0.282.